The summed E-state index contributed by atoms with van der Waals surface area (Å²) in [5.41, 5.74) is 3.60. The van der Waals surface area contributed by atoms with Crippen LogP contribution in [0.25, 0.3) is 6.08 Å². The van der Waals surface area contributed by atoms with Gasteiger partial charge in [0, 0.05) is 6.08 Å². The number of benzene rings is 2. The van der Waals surface area contributed by atoms with E-state index in [0.717, 1.165) is 17.5 Å². The fraction of sp³-hybridized carbons (Fsp3) is 0.318. The molecule has 1 N–H and O–H groups in total. The SMILES string of the molecule is CCC(NC(=O)/C=C/c1ccc(C(C)(C)C)cc1)c1ccccc1. The van der Waals surface area contributed by atoms with Crippen LogP contribution in [0.3, 0.4) is 0 Å². The zero-order valence-corrected chi connectivity index (χ0v) is 15.0. The van der Waals surface area contributed by atoms with Gasteiger partial charge in [-0.25, -0.2) is 0 Å². The number of hydrogen-bond acceptors (Lipinski definition) is 1. The molecular formula is C22H27NO. The second kappa shape index (κ2) is 7.96. The van der Waals surface area contributed by atoms with Crippen molar-refractivity contribution < 1.29 is 4.79 Å². The highest BCUT2D eigenvalue weighted by atomic mass is 16.1. The molecule has 0 aliphatic heterocycles. The zero-order valence-electron chi connectivity index (χ0n) is 15.0. The van der Waals surface area contributed by atoms with Crippen molar-refractivity contribution in [2.75, 3.05) is 0 Å². The summed E-state index contributed by atoms with van der Waals surface area (Å²) in [5, 5.41) is 3.06. The average Bonchev–Trinajstić information content (AvgIpc) is 2.58. The van der Waals surface area contributed by atoms with E-state index >= 15 is 0 Å². The second-order valence-electron chi connectivity index (χ2n) is 7.09. The minimum atomic E-state index is -0.0643. The predicted molar refractivity (Wildman–Crippen MR) is 102 cm³/mol. The van der Waals surface area contributed by atoms with Gasteiger partial charge in [-0.15, -0.1) is 0 Å². The molecule has 2 aromatic rings. The van der Waals surface area contributed by atoms with Gasteiger partial charge in [-0.05, 0) is 34.6 Å². The Balaban J connectivity index is 1.99. The predicted octanol–water partition coefficient (Wildman–Crippen LogP) is 5.26. The van der Waals surface area contributed by atoms with Gasteiger partial charge in [0.2, 0.25) is 5.91 Å². The van der Waals surface area contributed by atoms with Gasteiger partial charge in [0.15, 0.2) is 0 Å². The molecule has 2 nitrogen and oxygen atoms in total. The number of hydrogen-bond donors (Lipinski definition) is 1. The van der Waals surface area contributed by atoms with Crippen molar-refractivity contribution in [2.24, 2.45) is 0 Å². The van der Waals surface area contributed by atoms with Gasteiger partial charge < -0.3 is 5.32 Å². The van der Waals surface area contributed by atoms with Gasteiger partial charge >= 0.3 is 0 Å². The van der Waals surface area contributed by atoms with Crippen molar-refractivity contribution in [3.05, 3.63) is 77.4 Å². The highest BCUT2D eigenvalue weighted by molar-refractivity contribution is 5.92. The maximum absolute atomic E-state index is 12.2. The van der Waals surface area contributed by atoms with Crippen LogP contribution in [0.15, 0.2) is 60.7 Å². The Morgan fingerprint density at radius 3 is 2.21 bits per heavy atom. The molecule has 2 heteroatoms. The molecule has 1 unspecified atom stereocenters. The van der Waals surface area contributed by atoms with Gasteiger partial charge in [-0.2, -0.15) is 0 Å². The Hall–Kier alpha value is -2.35. The van der Waals surface area contributed by atoms with Crippen LogP contribution in [0.2, 0.25) is 0 Å². The highest BCUT2D eigenvalue weighted by Gasteiger charge is 2.13. The monoisotopic (exact) mass is 321 g/mol. The summed E-state index contributed by atoms with van der Waals surface area (Å²) in [6.45, 7) is 8.66. The second-order valence-corrected chi connectivity index (χ2v) is 7.09. The van der Waals surface area contributed by atoms with Crippen molar-refractivity contribution in [2.45, 2.75) is 45.6 Å². The van der Waals surface area contributed by atoms with Gasteiger partial charge in [-0.3, -0.25) is 4.79 Å². The minimum absolute atomic E-state index is 0.0478. The van der Waals surface area contributed by atoms with Crippen LogP contribution in [0.4, 0.5) is 0 Å². The van der Waals surface area contributed by atoms with Crippen molar-refractivity contribution in [3.63, 3.8) is 0 Å². The molecule has 0 heterocycles. The summed E-state index contributed by atoms with van der Waals surface area (Å²) >= 11 is 0. The van der Waals surface area contributed by atoms with Crippen LogP contribution in [0.1, 0.15) is 56.8 Å². The Labute approximate surface area is 145 Å². The summed E-state index contributed by atoms with van der Waals surface area (Å²) in [4.78, 5) is 12.2. The lowest BCUT2D eigenvalue weighted by atomic mass is 9.87. The van der Waals surface area contributed by atoms with E-state index in [0.29, 0.717) is 0 Å². The number of rotatable bonds is 5. The number of carbonyl (C=O) groups excluding carboxylic acids is 1. The van der Waals surface area contributed by atoms with E-state index < -0.39 is 0 Å². The van der Waals surface area contributed by atoms with E-state index in [2.05, 4.69) is 57.3 Å². The summed E-state index contributed by atoms with van der Waals surface area (Å²) in [6.07, 6.45) is 4.33. The van der Waals surface area contributed by atoms with Crippen LogP contribution in [0.5, 0.6) is 0 Å². The Bertz CT molecular complexity index is 678. The molecule has 1 atom stereocenters. The third-order valence-electron chi connectivity index (χ3n) is 4.13. The summed E-state index contributed by atoms with van der Waals surface area (Å²) in [5.74, 6) is -0.0643. The topological polar surface area (TPSA) is 29.1 Å². The lowest BCUT2D eigenvalue weighted by Gasteiger charge is -2.18. The van der Waals surface area contributed by atoms with Crippen LogP contribution < -0.4 is 5.32 Å². The summed E-state index contributed by atoms with van der Waals surface area (Å²) in [7, 11) is 0. The van der Waals surface area contributed by atoms with Gasteiger partial charge in [0.1, 0.15) is 0 Å². The zero-order chi connectivity index (χ0) is 17.6. The fourth-order valence-electron chi connectivity index (χ4n) is 2.59. The first-order valence-electron chi connectivity index (χ1n) is 8.54. The lowest BCUT2D eigenvalue weighted by molar-refractivity contribution is -0.117. The van der Waals surface area contributed by atoms with Gasteiger partial charge in [-0.1, -0.05) is 82.3 Å². The fourth-order valence-corrected chi connectivity index (χ4v) is 2.59. The standard InChI is InChI=1S/C22H27NO/c1-5-20(18-9-7-6-8-10-18)23-21(24)16-13-17-11-14-19(15-12-17)22(2,3)4/h6-16,20H,5H2,1-4H3,(H,23,24)/b16-13+. The minimum Gasteiger partial charge on any atom is -0.346 e. The molecule has 0 radical (unpaired) electrons. The van der Waals surface area contributed by atoms with E-state index in [1.165, 1.54) is 5.56 Å². The molecule has 1 amide bonds. The normalized spacial score (nSPS) is 13.0. The molecule has 0 aliphatic carbocycles. The Kier molecular flexibility index (Phi) is 5.97. The van der Waals surface area contributed by atoms with E-state index in [9.17, 15) is 4.79 Å². The molecule has 0 bridgehead atoms. The number of carbonyl (C=O) groups is 1. The average molecular weight is 321 g/mol. The van der Waals surface area contributed by atoms with Crippen molar-refractivity contribution in [1.29, 1.82) is 0 Å². The molecular weight excluding hydrogens is 294 g/mol. The smallest absolute Gasteiger partial charge is 0.244 e. The van der Waals surface area contributed by atoms with Gasteiger partial charge in [0.05, 0.1) is 6.04 Å². The van der Waals surface area contributed by atoms with Crippen LogP contribution in [0, 0.1) is 0 Å². The highest BCUT2D eigenvalue weighted by Crippen LogP contribution is 2.22. The summed E-state index contributed by atoms with van der Waals surface area (Å²) < 4.78 is 0. The van der Waals surface area contributed by atoms with Crippen molar-refractivity contribution in [1.82, 2.24) is 5.32 Å². The Morgan fingerprint density at radius 2 is 1.67 bits per heavy atom. The molecule has 126 valence electrons. The first-order chi connectivity index (χ1) is 11.4. The third kappa shape index (κ3) is 5.09. The molecule has 2 aromatic carbocycles. The van der Waals surface area contributed by atoms with E-state index in [-0.39, 0.29) is 17.4 Å². The van der Waals surface area contributed by atoms with Crippen LogP contribution in [-0.4, -0.2) is 5.91 Å². The quantitative estimate of drug-likeness (QED) is 0.747. The first-order valence-corrected chi connectivity index (χ1v) is 8.54. The van der Waals surface area contributed by atoms with Crippen LogP contribution in [-0.2, 0) is 10.2 Å². The molecule has 24 heavy (non-hydrogen) atoms. The third-order valence-corrected chi connectivity index (χ3v) is 4.13. The maximum atomic E-state index is 12.2. The van der Waals surface area contributed by atoms with Crippen molar-refractivity contribution >= 4 is 12.0 Å². The van der Waals surface area contributed by atoms with Gasteiger partial charge in [0.25, 0.3) is 0 Å². The molecule has 0 spiro atoms. The molecule has 0 fully saturated rings. The molecule has 0 aliphatic rings. The first kappa shape index (κ1) is 18.0. The molecule has 0 aromatic heterocycles. The maximum Gasteiger partial charge on any atom is 0.244 e. The van der Waals surface area contributed by atoms with Crippen LogP contribution >= 0.6 is 0 Å². The van der Waals surface area contributed by atoms with E-state index in [1.54, 1.807) is 6.08 Å². The lowest BCUT2D eigenvalue weighted by Crippen LogP contribution is -2.26. The molecule has 0 saturated heterocycles. The van der Waals surface area contributed by atoms with Crippen molar-refractivity contribution in [3.8, 4) is 0 Å². The van der Waals surface area contributed by atoms with E-state index in [4.69, 9.17) is 0 Å². The largest absolute Gasteiger partial charge is 0.346 e. The number of nitrogens with one attached hydrogen (secondary N) is 1. The Morgan fingerprint density at radius 1 is 1.04 bits per heavy atom. The molecule has 0 saturated carbocycles. The molecule has 2 rings (SSSR count). The van der Waals surface area contributed by atoms with E-state index in [1.807, 2.05) is 36.4 Å². The summed E-state index contributed by atoms with van der Waals surface area (Å²) in [6, 6.07) is 18.5. The number of amides is 1.